The molecule has 2 N–H and O–H groups in total. The Labute approximate surface area is 130 Å². The molecule has 0 saturated heterocycles. The molecule has 0 aliphatic heterocycles. The fraction of sp³-hybridized carbons (Fsp3) is 0.294. The fourth-order valence-electron chi connectivity index (χ4n) is 1.94. The monoisotopic (exact) mass is 305 g/mol. The molecule has 2 unspecified atom stereocenters. The van der Waals surface area contributed by atoms with E-state index in [1.54, 1.807) is 0 Å². The highest BCUT2D eigenvalue weighted by Gasteiger charge is 2.09. The first-order valence-electron chi connectivity index (χ1n) is 6.99. The second kappa shape index (κ2) is 8.03. The Kier molecular flexibility index (Phi) is 6.05. The summed E-state index contributed by atoms with van der Waals surface area (Å²) in [7, 11) is 0. The van der Waals surface area contributed by atoms with Crippen LogP contribution in [0.25, 0.3) is 0 Å². The van der Waals surface area contributed by atoms with Crippen molar-refractivity contribution >= 4 is 17.3 Å². The molecule has 0 aliphatic rings. The van der Waals surface area contributed by atoms with E-state index in [1.807, 2.05) is 61.5 Å². The highest BCUT2D eigenvalue weighted by Crippen LogP contribution is 2.16. The Hall–Kier alpha value is -1.55. The molecule has 0 spiro atoms. The van der Waals surface area contributed by atoms with E-state index in [9.17, 15) is 5.11 Å². The van der Waals surface area contributed by atoms with Gasteiger partial charge in [-0.05, 0) is 36.8 Å². The highest BCUT2D eigenvalue weighted by atomic mass is 35.5. The van der Waals surface area contributed by atoms with Crippen LogP contribution in [0.2, 0.25) is 5.02 Å². The second-order valence-corrected chi connectivity index (χ2v) is 5.36. The van der Waals surface area contributed by atoms with Crippen molar-refractivity contribution in [3.8, 4) is 0 Å². The molecule has 3 nitrogen and oxygen atoms in total. The molecule has 0 bridgehead atoms. The molecule has 0 fully saturated rings. The first kappa shape index (κ1) is 15.8. The second-order valence-electron chi connectivity index (χ2n) is 4.93. The maximum Gasteiger partial charge on any atom is 0.0945 e. The van der Waals surface area contributed by atoms with E-state index in [2.05, 4.69) is 5.32 Å². The molecule has 0 saturated carbocycles. The van der Waals surface area contributed by atoms with Gasteiger partial charge in [-0.1, -0.05) is 41.9 Å². The number of hydrogen-bond donors (Lipinski definition) is 2. The quantitative estimate of drug-likeness (QED) is 0.815. The van der Waals surface area contributed by atoms with Crippen LogP contribution in [0.1, 0.15) is 18.6 Å². The average Bonchev–Trinajstić information content (AvgIpc) is 2.53. The third-order valence-electron chi connectivity index (χ3n) is 3.19. The molecule has 2 aromatic rings. The van der Waals surface area contributed by atoms with Gasteiger partial charge < -0.3 is 15.2 Å². The Morgan fingerprint density at radius 1 is 1.10 bits per heavy atom. The van der Waals surface area contributed by atoms with Gasteiger partial charge >= 0.3 is 0 Å². The number of ether oxygens (including phenoxy) is 1. The van der Waals surface area contributed by atoms with Crippen LogP contribution in [-0.4, -0.2) is 24.4 Å². The van der Waals surface area contributed by atoms with Crippen LogP contribution in [0.4, 0.5) is 5.69 Å². The van der Waals surface area contributed by atoms with Crippen LogP contribution >= 0.6 is 11.6 Å². The number of anilines is 1. The lowest BCUT2D eigenvalue weighted by Crippen LogP contribution is -2.25. The zero-order chi connectivity index (χ0) is 15.1. The molecule has 21 heavy (non-hydrogen) atoms. The lowest BCUT2D eigenvalue weighted by molar-refractivity contribution is 0.00243. The SMILES string of the molecule is CC(OCC(O)CNc1ccc(Cl)cc1)c1ccccc1. The minimum absolute atomic E-state index is 0.0311. The number of aliphatic hydroxyl groups excluding tert-OH is 1. The molecule has 0 amide bonds. The van der Waals surface area contributed by atoms with Gasteiger partial charge in [0.25, 0.3) is 0 Å². The van der Waals surface area contributed by atoms with Crippen molar-refractivity contribution < 1.29 is 9.84 Å². The van der Waals surface area contributed by atoms with Crippen molar-refractivity contribution in [2.75, 3.05) is 18.5 Å². The molecule has 2 atom stereocenters. The minimum Gasteiger partial charge on any atom is -0.389 e. The third-order valence-corrected chi connectivity index (χ3v) is 3.45. The Balaban J connectivity index is 1.72. The molecule has 112 valence electrons. The average molecular weight is 306 g/mol. The van der Waals surface area contributed by atoms with Crippen molar-refractivity contribution in [3.05, 3.63) is 65.2 Å². The van der Waals surface area contributed by atoms with Gasteiger partial charge in [0.2, 0.25) is 0 Å². The van der Waals surface area contributed by atoms with E-state index in [-0.39, 0.29) is 12.7 Å². The predicted octanol–water partition coefficient (Wildman–Crippen LogP) is 3.89. The van der Waals surface area contributed by atoms with Gasteiger partial charge in [-0.3, -0.25) is 0 Å². The van der Waals surface area contributed by atoms with E-state index in [1.165, 1.54) is 0 Å². The van der Waals surface area contributed by atoms with Crippen LogP contribution in [0.3, 0.4) is 0 Å². The zero-order valence-electron chi connectivity index (χ0n) is 12.0. The number of hydrogen-bond acceptors (Lipinski definition) is 3. The lowest BCUT2D eigenvalue weighted by Gasteiger charge is -2.17. The van der Waals surface area contributed by atoms with Crippen LogP contribution < -0.4 is 5.32 Å². The maximum absolute atomic E-state index is 9.95. The number of benzene rings is 2. The minimum atomic E-state index is -0.563. The van der Waals surface area contributed by atoms with Gasteiger partial charge in [-0.25, -0.2) is 0 Å². The van der Waals surface area contributed by atoms with Gasteiger partial charge in [0.05, 0.1) is 18.8 Å². The highest BCUT2D eigenvalue weighted by molar-refractivity contribution is 6.30. The standard InChI is InChI=1S/C17H20ClNO2/c1-13(14-5-3-2-4-6-14)21-12-17(20)11-19-16-9-7-15(18)8-10-16/h2-10,13,17,19-20H,11-12H2,1H3. The molecule has 2 aromatic carbocycles. The number of rotatable bonds is 7. The van der Waals surface area contributed by atoms with Crippen molar-refractivity contribution in [2.45, 2.75) is 19.1 Å². The van der Waals surface area contributed by atoms with Crippen LogP contribution in [0.5, 0.6) is 0 Å². The molecule has 0 aliphatic carbocycles. The first-order valence-corrected chi connectivity index (χ1v) is 7.37. The lowest BCUT2D eigenvalue weighted by atomic mass is 10.1. The Bertz CT molecular complexity index is 530. The predicted molar refractivity (Wildman–Crippen MR) is 86.8 cm³/mol. The Morgan fingerprint density at radius 2 is 1.76 bits per heavy atom. The molecule has 0 aromatic heterocycles. The van der Waals surface area contributed by atoms with E-state index in [4.69, 9.17) is 16.3 Å². The van der Waals surface area contributed by atoms with Crippen molar-refractivity contribution in [1.29, 1.82) is 0 Å². The molecular formula is C17H20ClNO2. The molecule has 2 rings (SSSR count). The molecule has 4 heteroatoms. The summed E-state index contributed by atoms with van der Waals surface area (Å²) in [4.78, 5) is 0. The summed E-state index contributed by atoms with van der Waals surface area (Å²) < 4.78 is 5.69. The number of nitrogens with one attached hydrogen (secondary N) is 1. The first-order chi connectivity index (χ1) is 10.1. The van der Waals surface area contributed by atoms with Gasteiger partial charge in [0.15, 0.2) is 0 Å². The Morgan fingerprint density at radius 3 is 2.43 bits per heavy atom. The smallest absolute Gasteiger partial charge is 0.0945 e. The van der Waals surface area contributed by atoms with Crippen molar-refractivity contribution in [3.63, 3.8) is 0 Å². The van der Waals surface area contributed by atoms with E-state index < -0.39 is 6.10 Å². The van der Waals surface area contributed by atoms with Crippen LogP contribution in [0.15, 0.2) is 54.6 Å². The van der Waals surface area contributed by atoms with E-state index in [0.29, 0.717) is 11.6 Å². The molecule has 0 heterocycles. The van der Waals surface area contributed by atoms with Crippen molar-refractivity contribution in [2.24, 2.45) is 0 Å². The summed E-state index contributed by atoms with van der Waals surface area (Å²) in [6, 6.07) is 17.3. The zero-order valence-corrected chi connectivity index (χ0v) is 12.8. The largest absolute Gasteiger partial charge is 0.389 e. The van der Waals surface area contributed by atoms with Crippen LogP contribution in [-0.2, 0) is 4.74 Å². The van der Waals surface area contributed by atoms with Gasteiger partial charge in [0, 0.05) is 17.3 Å². The summed E-state index contributed by atoms with van der Waals surface area (Å²) in [5.74, 6) is 0. The van der Waals surface area contributed by atoms with Crippen molar-refractivity contribution in [1.82, 2.24) is 0 Å². The van der Waals surface area contributed by atoms with Gasteiger partial charge in [-0.2, -0.15) is 0 Å². The summed E-state index contributed by atoms with van der Waals surface area (Å²) in [6.45, 7) is 2.70. The topological polar surface area (TPSA) is 41.5 Å². The number of aliphatic hydroxyl groups is 1. The summed E-state index contributed by atoms with van der Waals surface area (Å²) in [6.07, 6.45) is -0.594. The summed E-state index contributed by atoms with van der Waals surface area (Å²) in [5.41, 5.74) is 2.03. The molecular weight excluding hydrogens is 286 g/mol. The van der Waals surface area contributed by atoms with Crippen LogP contribution in [0, 0.1) is 0 Å². The maximum atomic E-state index is 9.95. The molecule has 0 radical (unpaired) electrons. The van der Waals surface area contributed by atoms with Gasteiger partial charge in [0.1, 0.15) is 0 Å². The normalized spacial score (nSPS) is 13.7. The van der Waals surface area contributed by atoms with E-state index >= 15 is 0 Å². The third kappa shape index (κ3) is 5.38. The summed E-state index contributed by atoms with van der Waals surface area (Å²) in [5, 5.41) is 13.8. The number of halogens is 1. The fourth-order valence-corrected chi connectivity index (χ4v) is 2.06. The summed E-state index contributed by atoms with van der Waals surface area (Å²) >= 11 is 5.82. The van der Waals surface area contributed by atoms with E-state index in [0.717, 1.165) is 11.3 Å². The van der Waals surface area contributed by atoms with Gasteiger partial charge in [-0.15, -0.1) is 0 Å².